The maximum Gasteiger partial charge on any atom is 0.0991 e. The van der Waals surface area contributed by atoms with Crippen LogP contribution in [-0.4, -0.2) is 6.21 Å². The van der Waals surface area contributed by atoms with Gasteiger partial charge in [-0.15, -0.1) is 0 Å². The molecule has 2 aromatic carbocycles. The quantitative estimate of drug-likeness (QED) is 0.677. The van der Waals surface area contributed by atoms with Gasteiger partial charge in [0.05, 0.1) is 23.5 Å². The molecule has 19 heavy (non-hydrogen) atoms. The minimum atomic E-state index is 0.635. The smallest absolute Gasteiger partial charge is 0.0991 e. The molecule has 0 aromatic heterocycles. The van der Waals surface area contributed by atoms with Gasteiger partial charge in [-0.1, -0.05) is 29.8 Å². The first kappa shape index (κ1) is 13.1. The molecule has 94 valence electrons. The second kappa shape index (κ2) is 6.03. The zero-order valence-corrected chi connectivity index (χ0v) is 11.1. The van der Waals surface area contributed by atoms with Crippen molar-refractivity contribution in [3.63, 3.8) is 0 Å². The highest BCUT2D eigenvalue weighted by Crippen LogP contribution is 2.19. The molecule has 0 fully saturated rings. The molecule has 4 heteroatoms. The summed E-state index contributed by atoms with van der Waals surface area (Å²) >= 11 is 6.02. The van der Waals surface area contributed by atoms with Crippen molar-refractivity contribution in [3.05, 3.63) is 64.2 Å². The first-order chi connectivity index (χ1) is 9.19. The Morgan fingerprint density at radius 2 is 1.95 bits per heavy atom. The molecule has 0 bridgehead atoms. The SMILES string of the molecule is Cc1ccc(N/N=C/c2ccc(C#N)cc2)cc1Cl. The fourth-order valence-electron chi connectivity index (χ4n) is 1.49. The van der Waals surface area contributed by atoms with Crippen molar-refractivity contribution in [2.75, 3.05) is 5.43 Å². The summed E-state index contributed by atoms with van der Waals surface area (Å²) in [5.74, 6) is 0. The zero-order chi connectivity index (χ0) is 13.7. The summed E-state index contributed by atoms with van der Waals surface area (Å²) in [6, 6.07) is 14.9. The van der Waals surface area contributed by atoms with E-state index in [2.05, 4.69) is 16.6 Å². The molecule has 0 aliphatic rings. The lowest BCUT2D eigenvalue weighted by Crippen LogP contribution is -1.91. The average Bonchev–Trinajstić information content (AvgIpc) is 2.43. The van der Waals surface area contributed by atoms with Gasteiger partial charge in [0.15, 0.2) is 0 Å². The van der Waals surface area contributed by atoms with Gasteiger partial charge < -0.3 is 0 Å². The number of nitrogens with zero attached hydrogens (tertiary/aromatic N) is 2. The minimum absolute atomic E-state index is 0.635. The normalized spacial score (nSPS) is 10.4. The van der Waals surface area contributed by atoms with Crippen molar-refractivity contribution >= 4 is 23.5 Å². The highest BCUT2D eigenvalue weighted by molar-refractivity contribution is 6.31. The summed E-state index contributed by atoms with van der Waals surface area (Å²) in [5.41, 5.74) is 6.33. The van der Waals surface area contributed by atoms with Crippen LogP contribution in [0.2, 0.25) is 5.02 Å². The van der Waals surface area contributed by atoms with Crippen molar-refractivity contribution < 1.29 is 0 Å². The van der Waals surface area contributed by atoms with Crippen LogP contribution in [0, 0.1) is 18.3 Å². The highest BCUT2D eigenvalue weighted by atomic mass is 35.5. The number of anilines is 1. The van der Waals surface area contributed by atoms with Gasteiger partial charge in [0.2, 0.25) is 0 Å². The molecule has 0 amide bonds. The van der Waals surface area contributed by atoms with Gasteiger partial charge in [0.25, 0.3) is 0 Å². The summed E-state index contributed by atoms with van der Waals surface area (Å²) in [4.78, 5) is 0. The van der Waals surface area contributed by atoms with Crippen molar-refractivity contribution in [3.8, 4) is 6.07 Å². The second-order valence-corrected chi connectivity index (χ2v) is 4.47. The predicted octanol–water partition coefficient (Wildman–Crippen LogP) is 3.97. The van der Waals surface area contributed by atoms with Crippen molar-refractivity contribution in [1.82, 2.24) is 0 Å². The van der Waals surface area contributed by atoms with Crippen molar-refractivity contribution in [1.29, 1.82) is 5.26 Å². The number of benzene rings is 2. The summed E-state index contributed by atoms with van der Waals surface area (Å²) in [5, 5.41) is 13.5. The Morgan fingerprint density at radius 1 is 1.21 bits per heavy atom. The number of nitrogens with one attached hydrogen (secondary N) is 1. The molecule has 0 radical (unpaired) electrons. The molecular weight excluding hydrogens is 258 g/mol. The molecule has 0 saturated carbocycles. The van der Waals surface area contributed by atoms with Gasteiger partial charge in [0, 0.05) is 5.02 Å². The molecular formula is C15H12ClN3. The number of halogens is 1. The maximum atomic E-state index is 8.69. The molecule has 0 atom stereocenters. The number of aryl methyl sites for hydroxylation is 1. The average molecular weight is 270 g/mol. The molecule has 3 nitrogen and oxygen atoms in total. The molecule has 0 spiro atoms. The number of hydrogen-bond donors (Lipinski definition) is 1. The van der Waals surface area contributed by atoms with E-state index in [0.717, 1.165) is 16.8 Å². The predicted molar refractivity (Wildman–Crippen MR) is 78.6 cm³/mol. The molecule has 0 saturated heterocycles. The first-order valence-corrected chi connectivity index (χ1v) is 6.12. The molecule has 0 aliphatic heterocycles. The Bertz CT molecular complexity index is 639. The molecule has 2 rings (SSSR count). The molecule has 0 aliphatic carbocycles. The lowest BCUT2D eigenvalue weighted by Gasteiger charge is -2.02. The zero-order valence-electron chi connectivity index (χ0n) is 10.4. The molecule has 0 unspecified atom stereocenters. The van der Waals surface area contributed by atoms with E-state index in [1.165, 1.54) is 0 Å². The molecule has 0 heterocycles. The first-order valence-electron chi connectivity index (χ1n) is 5.74. The Hall–Kier alpha value is -2.31. The fourth-order valence-corrected chi connectivity index (χ4v) is 1.67. The van der Waals surface area contributed by atoms with Crippen molar-refractivity contribution in [2.24, 2.45) is 5.10 Å². The summed E-state index contributed by atoms with van der Waals surface area (Å²) in [7, 11) is 0. The van der Waals surface area contributed by atoms with E-state index in [4.69, 9.17) is 16.9 Å². The Labute approximate surface area is 117 Å². The minimum Gasteiger partial charge on any atom is -0.278 e. The van der Waals surface area contributed by atoms with E-state index in [9.17, 15) is 0 Å². The van der Waals surface area contributed by atoms with E-state index in [0.29, 0.717) is 10.6 Å². The van der Waals surface area contributed by atoms with Crippen LogP contribution in [0.5, 0.6) is 0 Å². The Morgan fingerprint density at radius 3 is 2.58 bits per heavy atom. The van der Waals surface area contributed by atoms with E-state index in [-0.39, 0.29) is 0 Å². The highest BCUT2D eigenvalue weighted by Gasteiger charge is 1.96. The van der Waals surface area contributed by atoms with Crippen LogP contribution in [0.15, 0.2) is 47.6 Å². The van der Waals surface area contributed by atoms with Crippen LogP contribution in [0.25, 0.3) is 0 Å². The van der Waals surface area contributed by atoms with Crippen molar-refractivity contribution in [2.45, 2.75) is 6.92 Å². The largest absolute Gasteiger partial charge is 0.278 e. The standard InChI is InChI=1S/C15H12ClN3/c1-11-2-7-14(8-15(11)16)19-18-10-13-5-3-12(9-17)4-6-13/h2-8,10,19H,1H3/b18-10+. The van der Waals surface area contributed by atoms with Gasteiger partial charge in [-0.2, -0.15) is 10.4 Å². The molecule has 2 aromatic rings. The lowest BCUT2D eigenvalue weighted by atomic mass is 10.2. The van der Waals surface area contributed by atoms with Crippen LogP contribution in [0.3, 0.4) is 0 Å². The number of nitriles is 1. The van der Waals surface area contributed by atoms with Gasteiger partial charge in [-0.05, 0) is 42.3 Å². The van der Waals surface area contributed by atoms with Crippen LogP contribution in [-0.2, 0) is 0 Å². The summed E-state index contributed by atoms with van der Waals surface area (Å²) < 4.78 is 0. The summed E-state index contributed by atoms with van der Waals surface area (Å²) in [6.07, 6.45) is 1.69. The van der Waals surface area contributed by atoms with Crippen LogP contribution >= 0.6 is 11.6 Å². The van der Waals surface area contributed by atoms with E-state index < -0.39 is 0 Å². The third kappa shape index (κ3) is 3.57. The third-order valence-electron chi connectivity index (χ3n) is 2.62. The summed E-state index contributed by atoms with van der Waals surface area (Å²) in [6.45, 7) is 1.95. The van der Waals surface area contributed by atoms with Crippen LogP contribution < -0.4 is 5.43 Å². The second-order valence-electron chi connectivity index (χ2n) is 4.07. The van der Waals surface area contributed by atoms with E-state index in [1.54, 1.807) is 18.3 Å². The van der Waals surface area contributed by atoms with Gasteiger partial charge in [0.1, 0.15) is 0 Å². The van der Waals surface area contributed by atoms with E-state index >= 15 is 0 Å². The Kier molecular flexibility index (Phi) is 4.17. The monoisotopic (exact) mass is 269 g/mol. The maximum absolute atomic E-state index is 8.69. The Balaban J connectivity index is 2.02. The van der Waals surface area contributed by atoms with Gasteiger partial charge in [-0.25, -0.2) is 0 Å². The number of hydrogen-bond acceptors (Lipinski definition) is 3. The van der Waals surface area contributed by atoms with Crippen LogP contribution in [0.1, 0.15) is 16.7 Å². The topological polar surface area (TPSA) is 48.2 Å². The van der Waals surface area contributed by atoms with Gasteiger partial charge >= 0.3 is 0 Å². The number of rotatable bonds is 3. The number of hydrazone groups is 1. The fraction of sp³-hybridized carbons (Fsp3) is 0.0667. The van der Waals surface area contributed by atoms with Gasteiger partial charge in [-0.3, -0.25) is 5.43 Å². The molecule has 1 N–H and O–H groups in total. The lowest BCUT2D eigenvalue weighted by molar-refractivity contribution is 1.34. The third-order valence-corrected chi connectivity index (χ3v) is 3.03. The van der Waals surface area contributed by atoms with E-state index in [1.807, 2.05) is 37.3 Å². The van der Waals surface area contributed by atoms with Crippen LogP contribution in [0.4, 0.5) is 5.69 Å².